The molecule has 0 spiro atoms. The average molecular weight is 162 g/mol. The van der Waals surface area contributed by atoms with Gasteiger partial charge in [0.05, 0.1) is 5.39 Å². The zero-order chi connectivity index (χ0) is 6.78. The van der Waals surface area contributed by atoms with Gasteiger partial charge in [0.15, 0.2) is 0 Å². The molecule has 0 amide bonds. The fraction of sp³-hybridized carbons (Fsp3) is 1.00. The van der Waals surface area contributed by atoms with Gasteiger partial charge in [0.25, 0.3) is 0 Å². The Kier molecular flexibility index (Phi) is 2.96. The van der Waals surface area contributed by atoms with Crippen LogP contribution in [0.4, 0.5) is 0 Å². The van der Waals surface area contributed by atoms with Crippen LogP contribution in [0.15, 0.2) is 0 Å². The Bertz CT molecular complexity index is 70.2. The summed E-state index contributed by atoms with van der Waals surface area (Å²) in [4.78, 5) is 3.91. The Morgan fingerprint density at radius 3 is 1.88 bits per heavy atom. The molecular formula is C2H5Cl2NO3. The van der Waals surface area contributed by atoms with Crippen molar-refractivity contribution in [2.75, 3.05) is 0 Å². The van der Waals surface area contributed by atoms with Gasteiger partial charge >= 0.3 is 0 Å². The van der Waals surface area contributed by atoms with Crippen LogP contribution in [0, 0.1) is 0 Å². The van der Waals surface area contributed by atoms with E-state index >= 15 is 0 Å². The average Bonchev–Trinajstić information content (AvgIpc) is 1.21. The van der Waals surface area contributed by atoms with Crippen molar-refractivity contribution in [2.24, 2.45) is 0 Å². The van der Waals surface area contributed by atoms with Gasteiger partial charge < -0.3 is 0 Å². The molecule has 50 valence electrons. The highest BCUT2D eigenvalue weighted by atomic mass is 35.5. The van der Waals surface area contributed by atoms with Crippen LogP contribution in [0.1, 0.15) is 6.92 Å². The topological polar surface area (TPSA) is 52.9 Å². The summed E-state index contributed by atoms with van der Waals surface area (Å²) in [5.74, 6) is 0. The standard InChI is InChI=1S/C2H5Cl2NO3/c1-2(3,4)8-5(6)7/h6-7H,1H3. The lowest BCUT2D eigenvalue weighted by Crippen LogP contribution is -2.24. The molecule has 8 heavy (non-hydrogen) atoms. The van der Waals surface area contributed by atoms with Crippen molar-refractivity contribution in [3.8, 4) is 0 Å². The van der Waals surface area contributed by atoms with E-state index in [1.165, 1.54) is 6.92 Å². The largest absolute Gasteiger partial charge is 0.266 e. The van der Waals surface area contributed by atoms with Gasteiger partial charge in [-0.3, -0.25) is 10.4 Å². The Morgan fingerprint density at radius 2 is 1.88 bits per heavy atom. The SMILES string of the molecule is CC(Cl)(Cl)ON(O)O. The molecule has 0 unspecified atom stereocenters. The first-order chi connectivity index (χ1) is 3.42. The minimum absolute atomic E-state index is 0.556. The van der Waals surface area contributed by atoms with Gasteiger partial charge in [-0.1, -0.05) is 23.2 Å². The van der Waals surface area contributed by atoms with Crippen molar-refractivity contribution < 1.29 is 15.3 Å². The van der Waals surface area contributed by atoms with Gasteiger partial charge in [0, 0.05) is 0 Å². The first-order valence-electron chi connectivity index (χ1n) is 1.66. The number of rotatable bonds is 2. The second-order valence-corrected chi connectivity index (χ2v) is 2.79. The quantitative estimate of drug-likeness (QED) is 0.472. The van der Waals surface area contributed by atoms with E-state index in [0.29, 0.717) is 0 Å². The van der Waals surface area contributed by atoms with Gasteiger partial charge in [-0.15, -0.1) is 0 Å². The van der Waals surface area contributed by atoms with Crippen LogP contribution < -0.4 is 0 Å². The maximum atomic E-state index is 7.89. The zero-order valence-electron chi connectivity index (χ0n) is 4.01. The summed E-state index contributed by atoms with van der Waals surface area (Å²) in [5, 5.41) is 15.2. The molecule has 0 atom stereocenters. The summed E-state index contributed by atoms with van der Waals surface area (Å²) in [5.41, 5.74) is 0. The van der Waals surface area contributed by atoms with E-state index in [2.05, 4.69) is 4.84 Å². The van der Waals surface area contributed by atoms with E-state index in [-0.39, 0.29) is 0 Å². The van der Waals surface area contributed by atoms with Gasteiger partial charge in [-0.05, 0) is 6.92 Å². The monoisotopic (exact) mass is 161 g/mol. The van der Waals surface area contributed by atoms with Crippen molar-refractivity contribution in [1.29, 1.82) is 0 Å². The molecule has 0 radical (unpaired) electrons. The fourth-order valence-corrected chi connectivity index (χ4v) is 0.267. The van der Waals surface area contributed by atoms with Crippen LogP contribution in [-0.2, 0) is 4.84 Å². The van der Waals surface area contributed by atoms with Crippen molar-refractivity contribution in [3.63, 3.8) is 0 Å². The number of nitrogens with zero attached hydrogens (tertiary/aromatic N) is 1. The van der Waals surface area contributed by atoms with E-state index in [4.69, 9.17) is 33.6 Å². The Morgan fingerprint density at radius 1 is 1.50 bits per heavy atom. The molecule has 0 bridgehead atoms. The molecule has 0 heterocycles. The minimum atomic E-state index is -1.61. The Labute approximate surface area is 56.0 Å². The minimum Gasteiger partial charge on any atom is -0.266 e. The second-order valence-electron chi connectivity index (χ2n) is 1.15. The number of halogens is 2. The van der Waals surface area contributed by atoms with E-state index in [9.17, 15) is 0 Å². The molecule has 6 heteroatoms. The number of hydrogen-bond acceptors (Lipinski definition) is 4. The summed E-state index contributed by atoms with van der Waals surface area (Å²) in [6.07, 6.45) is 0. The van der Waals surface area contributed by atoms with Crippen molar-refractivity contribution in [2.45, 2.75) is 11.4 Å². The molecule has 0 aromatic carbocycles. The highest BCUT2D eigenvalue weighted by Crippen LogP contribution is 2.20. The summed E-state index contributed by atoms with van der Waals surface area (Å²) in [7, 11) is 0. The molecule has 0 aliphatic carbocycles. The predicted molar refractivity (Wildman–Crippen MR) is 26.6 cm³/mol. The van der Waals surface area contributed by atoms with Crippen molar-refractivity contribution >= 4 is 23.2 Å². The van der Waals surface area contributed by atoms with E-state index in [1.807, 2.05) is 0 Å². The molecule has 0 rings (SSSR count). The van der Waals surface area contributed by atoms with E-state index < -0.39 is 9.91 Å². The summed E-state index contributed by atoms with van der Waals surface area (Å²) in [6.45, 7) is 1.23. The lowest BCUT2D eigenvalue weighted by atomic mass is 10.9. The number of alkyl halides is 2. The van der Waals surface area contributed by atoms with Crippen molar-refractivity contribution in [1.82, 2.24) is 5.39 Å². The molecule has 0 saturated heterocycles. The van der Waals surface area contributed by atoms with Gasteiger partial charge in [-0.25, -0.2) is 4.84 Å². The molecule has 0 aliphatic heterocycles. The Balaban J connectivity index is 3.39. The third-order valence-corrected chi connectivity index (χ3v) is 0.380. The van der Waals surface area contributed by atoms with E-state index in [1.54, 1.807) is 0 Å². The summed E-state index contributed by atoms with van der Waals surface area (Å²) in [6, 6.07) is 0. The molecule has 0 fully saturated rings. The van der Waals surface area contributed by atoms with Crippen LogP contribution in [0.3, 0.4) is 0 Å². The highest BCUT2D eigenvalue weighted by molar-refractivity contribution is 6.46. The number of hydrogen-bond donors (Lipinski definition) is 2. The highest BCUT2D eigenvalue weighted by Gasteiger charge is 2.19. The lowest BCUT2D eigenvalue weighted by molar-refractivity contribution is -0.501. The molecule has 0 aromatic rings. The third kappa shape index (κ3) is 6.42. The molecule has 0 aliphatic rings. The fourth-order valence-electron chi connectivity index (χ4n) is 0.143. The summed E-state index contributed by atoms with van der Waals surface area (Å²) >= 11 is 10.2. The van der Waals surface area contributed by atoms with Crippen LogP contribution in [0.5, 0.6) is 0 Å². The molecule has 0 saturated carbocycles. The molecule has 2 N–H and O–H groups in total. The molecule has 0 aromatic heterocycles. The smallest absolute Gasteiger partial charge is 0.238 e. The van der Waals surface area contributed by atoms with Crippen LogP contribution in [-0.4, -0.2) is 20.3 Å². The first-order valence-corrected chi connectivity index (χ1v) is 2.42. The maximum absolute atomic E-state index is 7.89. The normalized spacial score (nSPS) is 12.8. The van der Waals surface area contributed by atoms with E-state index in [0.717, 1.165) is 0 Å². The first kappa shape index (κ1) is 8.42. The second kappa shape index (κ2) is 2.82. The lowest BCUT2D eigenvalue weighted by Gasteiger charge is -2.14. The third-order valence-electron chi connectivity index (χ3n) is 0.242. The van der Waals surface area contributed by atoms with Crippen molar-refractivity contribution in [3.05, 3.63) is 0 Å². The van der Waals surface area contributed by atoms with Crippen LogP contribution in [0.2, 0.25) is 0 Å². The Hall–Kier alpha value is 0.420. The molecular weight excluding hydrogens is 157 g/mol. The van der Waals surface area contributed by atoms with Gasteiger partial charge in [0.2, 0.25) is 4.52 Å². The van der Waals surface area contributed by atoms with Gasteiger partial charge in [-0.2, -0.15) is 0 Å². The van der Waals surface area contributed by atoms with Crippen LogP contribution in [0.25, 0.3) is 0 Å². The maximum Gasteiger partial charge on any atom is 0.238 e. The molecule has 4 nitrogen and oxygen atoms in total. The van der Waals surface area contributed by atoms with Crippen LogP contribution >= 0.6 is 23.2 Å². The van der Waals surface area contributed by atoms with Gasteiger partial charge in [0.1, 0.15) is 0 Å². The summed E-state index contributed by atoms with van der Waals surface area (Å²) < 4.78 is -1.61. The predicted octanol–water partition coefficient (Wildman–Crippen LogP) is 1.15. The zero-order valence-corrected chi connectivity index (χ0v) is 5.52.